The molecule has 3 aromatic rings. The van der Waals surface area contributed by atoms with Crippen LogP contribution in [-0.4, -0.2) is 24.9 Å². The van der Waals surface area contributed by atoms with Crippen LogP contribution >= 0.6 is 0 Å². The minimum atomic E-state index is -0.543. The van der Waals surface area contributed by atoms with Crippen LogP contribution in [0, 0.1) is 11.3 Å². The van der Waals surface area contributed by atoms with Crippen molar-refractivity contribution in [2.45, 2.75) is 25.9 Å². The van der Waals surface area contributed by atoms with Gasteiger partial charge in [-0.15, -0.1) is 0 Å². The van der Waals surface area contributed by atoms with Crippen LogP contribution in [0.25, 0.3) is 0 Å². The second-order valence-corrected chi connectivity index (χ2v) is 7.37. The molecule has 0 heterocycles. The Balaban J connectivity index is 1.48. The summed E-state index contributed by atoms with van der Waals surface area (Å²) >= 11 is 0. The maximum absolute atomic E-state index is 11.7. The van der Waals surface area contributed by atoms with Gasteiger partial charge in [0.25, 0.3) is 0 Å². The Bertz CT molecular complexity index is 1090. The molecule has 6 heteroatoms. The summed E-state index contributed by atoms with van der Waals surface area (Å²) in [7, 11) is 0. The standard InChI is InChI=1S/C27H26N2O4/c1-2-31-27(30)16-23(17-28)21-10-14-25(15-11-21)32-18-20-8-12-24(13-9-20)33-19-26(29)22-6-4-3-5-7-22/h3-15,23,29H,2,16,18-19H2,1H3/p+1. The van der Waals surface area contributed by atoms with E-state index in [4.69, 9.17) is 19.6 Å². The van der Waals surface area contributed by atoms with E-state index in [-0.39, 0.29) is 12.4 Å². The number of carbonyl (C=O) groups excluding carboxylic acids is 1. The third-order valence-electron chi connectivity index (χ3n) is 4.98. The van der Waals surface area contributed by atoms with Gasteiger partial charge in [0.2, 0.25) is 5.71 Å². The van der Waals surface area contributed by atoms with E-state index in [9.17, 15) is 10.1 Å². The largest absolute Gasteiger partial charge is 0.489 e. The van der Waals surface area contributed by atoms with E-state index in [2.05, 4.69) is 6.07 Å². The Labute approximate surface area is 193 Å². The molecular formula is C27H27N2O4+. The molecule has 0 aliphatic heterocycles. The van der Waals surface area contributed by atoms with E-state index in [1.165, 1.54) is 0 Å². The lowest BCUT2D eigenvalue weighted by molar-refractivity contribution is -0.143. The maximum Gasteiger partial charge on any atom is 0.307 e. The van der Waals surface area contributed by atoms with Crippen LogP contribution in [0.5, 0.6) is 11.5 Å². The fraction of sp³-hybridized carbons (Fsp3) is 0.222. The molecule has 0 radical (unpaired) electrons. The van der Waals surface area contributed by atoms with Gasteiger partial charge in [0.15, 0.2) is 6.61 Å². The Kier molecular flexibility index (Phi) is 8.61. The van der Waals surface area contributed by atoms with Gasteiger partial charge in [0, 0.05) is 5.56 Å². The van der Waals surface area contributed by atoms with E-state index in [1.54, 1.807) is 31.2 Å². The molecule has 1 atom stereocenters. The highest BCUT2D eigenvalue weighted by Gasteiger charge is 2.16. The molecule has 0 amide bonds. The molecule has 0 saturated heterocycles. The number of rotatable bonds is 11. The van der Waals surface area contributed by atoms with Gasteiger partial charge in [-0.05, 0) is 54.4 Å². The molecule has 6 nitrogen and oxygen atoms in total. The molecule has 2 N–H and O–H groups in total. The molecule has 0 saturated carbocycles. The summed E-state index contributed by atoms with van der Waals surface area (Å²) < 4.78 is 16.5. The highest BCUT2D eigenvalue weighted by molar-refractivity contribution is 5.96. The minimum Gasteiger partial charge on any atom is -0.489 e. The third-order valence-corrected chi connectivity index (χ3v) is 4.98. The molecule has 0 aliphatic carbocycles. The van der Waals surface area contributed by atoms with Crippen LogP contribution in [-0.2, 0) is 16.1 Å². The van der Waals surface area contributed by atoms with Gasteiger partial charge < -0.3 is 14.2 Å². The van der Waals surface area contributed by atoms with Crippen molar-refractivity contribution in [3.05, 3.63) is 95.6 Å². The van der Waals surface area contributed by atoms with E-state index in [0.717, 1.165) is 22.4 Å². The topological polar surface area (TPSA) is 94.1 Å². The van der Waals surface area contributed by atoms with Gasteiger partial charge in [0.05, 0.1) is 25.0 Å². The van der Waals surface area contributed by atoms with Crippen molar-refractivity contribution in [1.29, 1.82) is 5.26 Å². The Morgan fingerprint density at radius 1 is 0.939 bits per heavy atom. The highest BCUT2D eigenvalue weighted by Crippen LogP contribution is 2.23. The number of nitriles is 1. The second kappa shape index (κ2) is 12.1. The van der Waals surface area contributed by atoms with Gasteiger partial charge in [-0.3, -0.25) is 10.2 Å². The predicted octanol–water partition coefficient (Wildman–Crippen LogP) is 3.45. The average Bonchev–Trinajstić information content (AvgIpc) is 2.86. The predicted molar refractivity (Wildman–Crippen MR) is 125 cm³/mol. The van der Waals surface area contributed by atoms with E-state index < -0.39 is 5.92 Å². The molecule has 0 spiro atoms. The van der Waals surface area contributed by atoms with Gasteiger partial charge in [-0.2, -0.15) is 5.26 Å². The van der Waals surface area contributed by atoms with Gasteiger partial charge in [0.1, 0.15) is 18.1 Å². The van der Waals surface area contributed by atoms with Crippen molar-refractivity contribution in [3.63, 3.8) is 0 Å². The summed E-state index contributed by atoms with van der Waals surface area (Å²) in [6, 6.07) is 26.7. The maximum atomic E-state index is 11.7. The van der Waals surface area contributed by atoms with E-state index >= 15 is 0 Å². The summed E-state index contributed by atoms with van der Waals surface area (Å²) in [5, 5.41) is 15.5. The van der Waals surface area contributed by atoms with Gasteiger partial charge in [-0.1, -0.05) is 42.5 Å². The zero-order valence-electron chi connectivity index (χ0n) is 18.6. The van der Waals surface area contributed by atoms with Crippen molar-refractivity contribution in [2.75, 3.05) is 13.2 Å². The fourth-order valence-corrected chi connectivity index (χ4v) is 3.17. The first-order valence-electron chi connectivity index (χ1n) is 10.8. The number of hydrogen-bond acceptors (Lipinski definition) is 5. The molecular weight excluding hydrogens is 416 g/mol. The fourth-order valence-electron chi connectivity index (χ4n) is 3.17. The summed E-state index contributed by atoms with van der Waals surface area (Å²) in [6.45, 7) is 2.75. The van der Waals surface area contributed by atoms with Crippen LogP contribution in [0.15, 0.2) is 78.9 Å². The monoisotopic (exact) mass is 443 g/mol. The molecule has 168 valence electrons. The average molecular weight is 444 g/mol. The van der Waals surface area contributed by atoms with Crippen LogP contribution in [0.3, 0.4) is 0 Å². The number of esters is 1. The van der Waals surface area contributed by atoms with E-state index in [0.29, 0.717) is 31.3 Å². The smallest absolute Gasteiger partial charge is 0.307 e. The Hall–Kier alpha value is -4.11. The molecule has 3 aromatic carbocycles. The van der Waals surface area contributed by atoms with Crippen LogP contribution in [0.2, 0.25) is 0 Å². The molecule has 0 aliphatic rings. The number of nitrogens with two attached hydrogens (primary N) is 1. The van der Waals surface area contributed by atoms with Crippen LogP contribution in [0.4, 0.5) is 0 Å². The van der Waals surface area contributed by atoms with Crippen molar-refractivity contribution < 1.29 is 24.4 Å². The number of hydrogen-bond donors (Lipinski definition) is 1. The number of ether oxygens (including phenoxy) is 3. The van der Waals surface area contributed by atoms with Crippen molar-refractivity contribution in [3.8, 4) is 17.6 Å². The summed E-state index contributed by atoms with van der Waals surface area (Å²) in [5.74, 6) is 0.486. The van der Waals surface area contributed by atoms with Crippen molar-refractivity contribution in [1.82, 2.24) is 0 Å². The minimum absolute atomic E-state index is 0.0354. The summed E-state index contributed by atoms with van der Waals surface area (Å²) in [6.07, 6.45) is 0.0354. The lowest BCUT2D eigenvalue weighted by atomic mass is 9.97. The lowest BCUT2D eigenvalue weighted by Gasteiger charge is -2.11. The molecule has 0 aromatic heterocycles. The van der Waals surface area contributed by atoms with E-state index in [1.807, 2.05) is 54.6 Å². The first-order valence-corrected chi connectivity index (χ1v) is 10.8. The molecule has 1 unspecified atom stereocenters. The summed E-state index contributed by atoms with van der Waals surface area (Å²) in [5.41, 5.74) is 3.37. The van der Waals surface area contributed by atoms with Crippen molar-refractivity contribution >= 4 is 11.7 Å². The summed E-state index contributed by atoms with van der Waals surface area (Å²) in [4.78, 5) is 11.7. The first-order chi connectivity index (χ1) is 16.1. The lowest BCUT2D eigenvalue weighted by Crippen LogP contribution is -2.43. The third kappa shape index (κ3) is 7.22. The van der Waals surface area contributed by atoms with Crippen LogP contribution in [0.1, 0.15) is 36.0 Å². The normalized spacial score (nSPS) is 11.2. The van der Waals surface area contributed by atoms with Crippen molar-refractivity contribution in [2.24, 2.45) is 0 Å². The van der Waals surface area contributed by atoms with Gasteiger partial charge in [-0.25, -0.2) is 0 Å². The molecule has 0 fully saturated rings. The number of nitrogens with zero attached hydrogens (tertiary/aromatic N) is 1. The zero-order valence-corrected chi connectivity index (χ0v) is 18.6. The highest BCUT2D eigenvalue weighted by atomic mass is 16.5. The molecule has 3 rings (SSSR count). The van der Waals surface area contributed by atoms with Crippen LogP contribution < -0.4 is 14.9 Å². The Morgan fingerprint density at radius 3 is 2.21 bits per heavy atom. The number of benzene rings is 3. The second-order valence-electron chi connectivity index (χ2n) is 7.37. The first kappa shape index (κ1) is 23.6. The van der Waals surface area contributed by atoms with Gasteiger partial charge >= 0.3 is 5.97 Å². The zero-order chi connectivity index (χ0) is 23.5. The number of carbonyl (C=O) groups is 1. The quantitative estimate of drug-likeness (QED) is 0.362. The SMILES string of the molecule is CCOC(=O)CC(C#N)c1ccc(OCc2ccc(OCC(=[NH2+])c3ccccc3)cc2)cc1. The Morgan fingerprint density at radius 2 is 1.58 bits per heavy atom. The molecule has 33 heavy (non-hydrogen) atoms. The molecule has 0 bridgehead atoms.